The molecule has 0 aliphatic heterocycles. The Morgan fingerprint density at radius 3 is 2.46 bits per heavy atom. The molecule has 1 nitrogen and oxygen atoms in total. The van der Waals surface area contributed by atoms with Gasteiger partial charge >= 0.3 is 0 Å². The van der Waals surface area contributed by atoms with E-state index in [1.54, 1.807) is 0 Å². The first-order valence-corrected chi connectivity index (χ1v) is 8.66. The third kappa shape index (κ3) is 3.14. The van der Waals surface area contributed by atoms with Crippen LogP contribution in [0.3, 0.4) is 0 Å². The zero-order valence-electron chi connectivity index (χ0n) is 14.6. The molecule has 0 spiro atoms. The molecule has 1 fully saturated rings. The van der Waals surface area contributed by atoms with Crippen molar-refractivity contribution in [1.82, 2.24) is 0 Å². The van der Waals surface area contributed by atoms with Crippen LogP contribution in [-0.2, 0) is 0 Å². The van der Waals surface area contributed by atoms with Gasteiger partial charge in [0.2, 0.25) is 0 Å². The highest BCUT2D eigenvalue weighted by Crippen LogP contribution is 2.64. The van der Waals surface area contributed by atoms with Crippen LogP contribution in [0.4, 0.5) is 5.69 Å². The number of nitrogens with one attached hydrogen (secondary N) is 1. The first kappa shape index (κ1) is 16.9. The van der Waals surface area contributed by atoms with Gasteiger partial charge in [-0.05, 0) is 44.0 Å². The number of hydrogen-bond acceptors (Lipinski definition) is 1. The van der Waals surface area contributed by atoms with Crippen LogP contribution in [0.15, 0.2) is 61.3 Å². The third-order valence-corrected chi connectivity index (χ3v) is 5.32. The molecule has 0 bridgehead atoms. The Kier molecular flexibility index (Phi) is 4.31. The Morgan fingerprint density at radius 2 is 1.83 bits per heavy atom. The van der Waals surface area contributed by atoms with Crippen molar-refractivity contribution in [3.05, 3.63) is 83.6 Å². The minimum Gasteiger partial charge on any atom is -0.359 e. The van der Waals surface area contributed by atoms with Gasteiger partial charge in [0.15, 0.2) is 0 Å². The van der Waals surface area contributed by atoms with Gasteiger partial charge < -0.3 is 5.32 Å². The molecule has 2 aromatic carbocycles. The van der Waals surface area contributed by atoms with Crippen LogP contribution < -0.4 is 5.32 Å². The fourth-order valence-corrected chi connectivity index (χ4v) is 4.19. The largest absolute Gasteiger partial charge is 0.359 e. The average Bonchev–Trinajstić information content (AvgIpc) is 3.09. The van der Waals surface area contributed by atoms with Gasteiger partial charge in [-0.2, -0.15) is 0 Å². The fraction of sp³-hybridized carbons (Fsp3) is 0.273. The Balaban J connectivity index is 1.81. The minimum absolute atomic E-state index is 0.216. The van der Waals surface area contributed by atoms with E-state index in [4.69, 9.17) is 11.6 Å². The van der Waals surface area contributed by atoms with E-state index < -0.39 is 0 Å². The summed E-state index contributed by atoms with van der Waals surface area (Å²) in [6.07, 6.45) is 1.84. The highest BCUT2D eigenvalue weighted by Gasteiger charge is 2.62. The predicted molar refractivity (Wildman–Crippen MR) is 106 cm³/mol. The molecule has 1 aliphatic carbocycles. The normalized spacial score (nSPS) is 25.2. The van der Waals surface area contributed by atoms with Crippen LogP contribution in [0.2, 0.25) is 0 Å². The van der Waals surface area contributed by atoms with Gasteiger partial charge in [-0.3, -0.25) is 0 Å². The Morgan fingerprint density at radius 1 is 1.17 bits per heavy atom. The summed E-state index contributed by atoms with van der Waals surface area (Å²) in [6.45, 7) is 14.5. The van der Waals surface area contributed by atoms with Crippen molar-refractivity contribution in [3.63, 3.8) is 0 Å². The molecule has 24 heavy (non-hydrogen) atoms. The van der Waals surface area contributed by atoms with E-state index in [1.807, 2.05) is 24.3 Å². The van der Waals surface area contributed by atoms with Crippen LogP contribution in [0, 0.1) is 19.8 Å². The van der Waals surface area contributed by atoms with Gasteiger partial charge in [0, 0.05) is 23.2 Å². The van der Waals surface area contributed by atoms with Crippen molar-refractivity contribution >= 4 is 23.4 Å². The third-order valence-electron chi connectivity index (χ3n) is 4.85. The summed E-state index contributed by atoms with van der Waals surface area (Å²) < 4.78 is 0. The molecule has 2 heteroatoms. The summed E-state index contributed by atoms with van der Waals surface area (Å²) in [5.41, 5.74) is 6.94. The van der Waals surface area contributed by atoms with Crippen molar-refractivity contribution in [1.29, 1.82) is 0 Å². The molecule has 1 N–H and O–H groups in total. The summed E-state index contributed by atoms with van der Waals surface area (Å²) >= 11 is 6.82. The van der Waals surface area contributed by atoms with E-state index in [2.05, 4.69) is 63.5 Å². The minimum atomic E-state index is -0.291. The molecular weight excluding hydrogens is 314 g/mol. The molecule has 1 saturated carbocycles. The topological polar surface area (TPSA) is 12.0 Å². The summed E-state index contributed by atoms with van der Waals surface area (Å²) in [5.74, 6) is 0.508. The zero-order chi connectivity index (χ0) is 17.5. The van der Waals surface area contributed by atoms with Crippen LogP contribution >= 0.6 is 11.6 Å². The molecule has 2 aromatic rings. The number of alkyl halides is 1. The quantitative estimate of drug-likeness (QED) is 0.633. The second kappa shape index (κ2) is 6.14. The van der Waals surface area contributed by atoms with Crippen molar-refractivity contribution in [2.24, 2.45) is 5.92 Å². The number of aryl methyl sites for hydroxylation is 2. The molecule has 3 unspecified atom stereocenters. The molecule has 0 heterocycles. The summed E-state index contributed by atoms with van der Waals surface area (Å²) in [4.78, 5) is -0.291. The highest BCUT2D eigenvalue weighted by molar-refractivity contribution is 6.27. The molecule has 0 radical (unpaired) electrons. The summed E-state index contributed by atoms with van der Waals surface area (Å²) in [5, 5.41) is 3.44. The van der Waals surface area contributed by atoms with Gasteiger partial charge in [-0.1, -0.05) is 60.7 Å². The van der Waals surface area contributed by atoms with Gasteiger partial charge in [-0.25, -0.2) is 0 Å². The fourth-order valence-electron chi connectivity index (χ4n) is 3.74. The molecular formula is C22H24ClN. The Hall–Kier alpha value is -1.99. The number of allylic oxidation sites excluding steroid dienone is 1. The van der Waals surface area contributed by atoms with Crippen LogP contribution in [0.1, 0.15) is 35.1 Å². The van der Waals surface area contributed by atoms with E-state index >= 15 is 0 Å². The number of rotatable bonds is 5. The first-order chi connectivity index (χ1) is 11.3. The van der Waals surface area contributed by atoms with Gasteiger partial charge in [0.05, 0.1) is 4.87 Å². The van der Waals surface area contributed by atoms with E-state index in [0.717, 1.165) is 16.9 Å². The molecule has 3 rings (SSSR count). The van der Waals surface area contributed by atoms with Gasteiger partial charge in [-0.15, -0.1) is 11.6 Å². The molecule has 0 amide bonds. The van der Waals surface area contributed by atoms with Crippen molar-refractivity contribution in [3.8, 4) is 0 Å². The van der Waals surface area contributed by atoms with E-state index in [1.165, 1.54) is 16.7 Å². The first-order valence-electron chi connectivity index (χ1n) is 8.28. The highest BCUT2D eigenvalue weighted by atomic mass is 35.5. The Labute approximate surface area is 150 Å². The van der Waals surface area contributed by atoms with Gasteiger partial charge in [0.1, 0.15) is 0 Å². The molecule has 1 aliphatic rings. The predicted octanol–water partition coefficient (Wildman–Crippen LogP) is 6.28. The van der Waals surface area contributed by atoms with E-state index in [-0.39, 0.29) is 10.8 Å². The lowest BCUT2D eigenvalue weighted by atomic mass is 10.0. The monoisotopic (exact) mass is 337 g/mol. The Bertz CT molecular complexity index is 783. The number of hydrogen-bond donors (Lipinski definition) is 1. The van der Waals surface area contributed by atoms with Crippen molar-refractivity contribution in [2.45, 2.75) is 31.6 Å². The second-order valence-corrected chi connectivity index (χ2v) is 7.82. The lowest BCUT2D eigenvalue weighted by Gasteiger charge is -2.11. The van der Waals surface area contributed by atoms with Crippen LogP contribution in [0.25, 0.3) is 6.08 Å². The van der Waals surface area contributed by atoms with E-state index in [9.17, 15) is 0 Å². The van der Waals surface area contributed by atoms with Crippen LogP contribution in [-0.4, -0.2) is 4.87 Å². The smallest absolute Gasteiger partial charge is 0.0582 e. The maximum atomic E-state index is 6.82. The lowest BCUT2D eigenvalue weighted by molar-refractivity contribution is 0.899. The van der Waals surface area contributed by atoms with E-state index in [0.29, 0.717) is 5.92 Å². The molecule has 0 aromatic heterocycles. The van der Waals surface area contributed by atoms with Crippen molar-refractivity contribution < 1.29 is 0 Å². The number of halogens is 1. The SMILES string of the molecule is C=Cc1cccc(NC(=C)C2C(c3cc(C)cc(C)c3)C2(C)Cl)c1. The summed E-state index contributed by atoms with van der Waals surface area (Å²) in [7, 11) is 0. The molecule has 3 atom stereocenters. The molecule has 124 valence electrons. The lowest BCUT2D eigenvalue weighted by Crippen LogP contribution is -2.05. The average molecular weight is 338 g/mol. The maximum absolute atomic E-state index is 6.82. The number of anilines is 1. The standard InChI is InChI=1S/C22H24ClN/c1-6-17-8-7-9-19(13-17)24-16(4)20-21(22(20,5)23)18-11-14(2)10-15(3)12-18/h6-13,20-21,24H,1,4H2,2-3,5H3. The van der Waals surface area contributed by atoms with Gasteiger partial charge in [0.25, 0.3) is 0 Å². The van der Waals surface area contributed by atoms with Crippen LogP contribution in [0.5, 0.6) is 0 Å². The molecule has 0 saturated heterocycles. The second-order valence-electron chi connectivity index (χ2n) is 7.01. The summed E-state index contributed by atoms with van der Waals surface area (Å²) in [6, 6.07) is 14.8. The zero-order valence-corrected chi connectivity index (χ0v) is 15.3. The van der Waals surface area contributed by atoms with Crippen molar-refractivity contribution in [2.75, 3.05) is 5.32 Å². The number of benzene rings is 2. The maximum Gasteiger partial charge on any atom is 0.0582 e.